The van der Waals surface area contributed by atoms with E-state index >= 15 is 0 Å². The van der Waals surface area contributed by atoms with Gasteiger partial charge in [0.1, 0.15) is 11.5 Å². The number of urea groups is 1. The van der Waals surface area contributed by atoms with Crippen LogP contribution < -0.4 is 14.8 Å². The smallest absolute Gasteiger partial charge is 0.319 e. The first-order valence-corrected chi connectivity index (χ1v) is 8.61. The zero-order valence-electron chi connectivity index (χ0n) is 15.2. The molecule has 1 aromatic rings. The Morgan fingerprint density at radius 1 is 1.12 bits per heavy atom. The number of hydrogen-bond acceptors (Lipinski definition) is 4. The van der Waals surface area contributed by atoms with E-state index in [0.29, 0.717) is 25.4 Å². The van der Waals surface area contributed by atoms with Crippen molar-refractivity contribution in [1.29, 1.82) is 0 Å². The lowest BCUT2D eigenvalue weighted by Crippen LogP contribution is -2.49. The third kappa shape index (κ3) is 5.85. The summed E-state index contributed by atoms with van der Waals surface area (Å²) in [5.41, 5.74) is 0. The number of carbonyl (C=O) groups excluding carboxylic acids is 2. The van der Waals surface area contributed by atoms with Gasteiger partial charge < -0.3 is 24.6 Å². The molecule has 1 heterocycles. The molecule has 0 aromatic heterocycles. The molecule has 1 fully saturated rings. The zero-order chi connectivity index (χ0) is 18.2. The Labute approximate surface area is 148 Å². The first-order chi connectivity index (χ1) is 12.0. The number of nitrogens with one attached hydrogen (secondary N) is 1. The normalized spacial score (nSPS) is 14.8. The Bertz CT molecular complexity index is 566. The van der Waals surface area contributed by atoms with Gasteiger partial charge in [-0.3, -0.25) is 4.79 Å². The number of hydrogen-bond donors (Lipinski definition) is 1. The molecule has 1 aliphatic rings. The van der Waals surface area contributed by atoms with E-state index in [4.69, 9.17) is 9.47 Å². The lowest BCUT2D eigenvalue weighted by molar-refractivity contribution is -0.124. The average Bonchev–Trinajstić information content (AvgIpc) is 2.61. The number of nitrogens with zero attached hydrogens (tertiary/aromatic N) is 2. The molecule has 0 bridgehead atoms. The van der Waals surface area contributed by atoms with Crippen LogP contribution in [-0.2, 0) is 4.79 Å². The summed E-state index contributed by atoms with van der Waals surface area (Å²) in [7, 11) is 3.49. The first kappa shape index (κ1) is 18.9. The van der Waals surface area contributed by atoms with Crippen LogP contribution in [0, 0.1) is 0 Å². The van der Waals surface area contributed by atoms with Crippen LogP contribution >= 0.6 is 0 Å². The Kier molecular flexibility index (Phi) is 6.91. The van der Waals surface area contributed by atoms with Crippen molar-refractivity contribution < 1.29 is 19.1 Å². The van der Waals surface area contributed by atoms with Gasteiger partial charge >= 0.3 is 6.03 Å². The van der Waals surface area contributed by atoms with Crippen molar-refractivity contribution in [3.05, 3.63) is 24.3 Å². The molecule has 1 aromatic carbocycles. The minimum absolute atomic E-state index is 0.0172. The molecule has 0 spiro atoms. The largest absolute Gasteiger partial charge is 0.494 e. The minimum Gasteiger partial charge on any atom is -0.494 e. The van der Waals surface area contributed by atoms with Gasteiger partial charge in [-0.25, -0.2) is 4.79 Å². The zero-order valence-corrected chi connectivity index (χ0v) is 15.2. The van der Waals surface area contributed by atoms with E-state index in [1.165, 1.54) is 0 Å². The highest BCUT2D eigenvalue weighted by Crippen LogP contribution is 2.17. The average molecular weight is 349 g/mol. The third-order valence-corrected chi connectivity index (χ3v) is 4.02. The van der Waals surface area contributed by atoms with E-state index in [9.17, 15) is 9.59 Å². The summed E-state index contributed by atoms with van der Waals surface area (Å²) in [5, 5.41) is 2.97. The molecule has 3 amide bonds. The first-order valence-electron chi connectivity index (χ1n) is 8.61. The summed E-state index contributed by atoms with van der Waals surface area (Å²) in [6.45, 7) is 3.82. The summed E-state index contributed by atoms with van der Waals surface area (Å²) in [6.07, 6.45) is 1.52. The van der Waals surface area contributed by atoms with Crippen molar-refractivity contribution in [1.82, 2.24) is 15.1 Å². The molecule has 0 unspecified atom stereocenters. The molecular weight excluding hydrogens is 322 g/mol. The molecule has 1 saturated heterocycles. The number of carbonyl (C=O) groups is 2. The van der Waals surface area contributed by atoms with Crippen molar-refractivity contribution >= 4 is 11.9 Å². The highest BCUT2D eigenvalue weighted by Gasteiger charge is 2.24. The second-order valence-corrected chi connectivity index (χ2v) is 6.20. The highest BCUT2D eigenvalue weighted by atomic mass is 16.5. The van der Waals surface area contributed by atoms with Crippen molar-refractivity contribution in [3.63, 3.8) is 0 Å². The third-order valence-electron chi connectivity index (χ3n) is 4.02. The standard InChI is InChI=1S/C18H27N3O4/c1-4-24-15-5-7-16(8-6-15)25-13-17(22)19-14-9-11-21(12-10-14)18(23)20(2)3/h5-8,14H,4,9-13H2,1-3H3,(H,19,22). The molecule has 1 aliphatic heterocycles. The Morgan fingerprint density at radius 3 is 2.20 bits per heavy atom. The van der Waals surface area contributed by atoms with Crippen LogP contribution in [0.25, 0.3) is 0 Å². The van der Waals surface area contributed by atoms with Gasteiger partial charge in [0.25, 0.3) is 5.91 Å². The van der Waals surface area contributed by atoms with Crippen molar-refractivity contribution in [2.45, 2.75) is 25.8 Å². The number of ether oxygens (including phenoxy) is 2. The summed E-state index contributed by atoms with van der Waals surface area (Å²) in [6, 6.07) is 7.29. The van der Waals surface area contributed by atoms with E-state index in [0.717, 1.165) is 18.6 Å². The molecule has 0 radical (unpaired) electrons. The predicted octanol–water partition coefficient (Wildman–Crippen LogP) is 1.73. The Hall–Kier alpha value is -2.44. The van der Waals surface area contributed by atoms with Gasteiger partial charge in [-0.05, 0) is 44.0 Å². The molecule has 25 heavy (non-hydrogen) atoms. The van der Waals surface area contributed by atoms with Crippen LogP contribution in [0.15, 0.2) is 24.3 Å². The Balaban J connectivity index is 1.70. The van der Waals surface area contributed by atoms with Gasteiger partial charge in [0.2, 0.25) is 0 Å². The maximum atomic E-state index is 12.0. The summed E-state index contributed by atoms with van der Waals surface area (Å²) < 4.78 is 10.9. The van der Waals surface area contributed by atoms with Gasteiger partial charge in [0, 0.05) is 33.2 Å². The number of rotatable bonds is 6. The molecule has 1 N–H and O–H groups in total. The highest BCUT2D eigenvalue weighted by molar-refractivity contribution is 5.78. The number of piperidine rings is 1. The van der Waals surface area contributed by atoms with E-state index < -0.39 is 0 Å². The quantitative estimate of drug-likeness (QED) is 0.849. The van der Waals surface area contributed by atoms with Gasteiger partial charge in [-0.2, -0.15) is 0 Å². The molecule has 2 rings (SSSR count). The lowest BCUT2D eigenvalue weighted by atomic mass is 10.1. The van der Waals surface area contributed by atoms with Crippen LogP contribution in [0.3, 0.4) is 0 Å². The molecule has 0 aliphatic carbocycles. The molecule has 7 nitrogen and oxygen atoms in total. The predicted molar refractivity (Wildman–Crippen MR) is 94.9 cm³/mol. The van der Waals surface area contributed by atoms with Crippen LogP contribution in [0.4, 0.5) is 4.79 Å². The van der Waals surface area contributed by atoms with Gasteiger partial charge in [0.15, 0.2) is 6.61 Å². The molecular formula is C18H27N3O4. The van der Waals surface area contributed by atoms with E-state index in [-0.39, 0.29) is 24.6 Å². The summed E-state index contributed by atoms with van der Waals surface area (Å²) in [5.74, 6) is 1.26. The topological polar surface area (TPSA) is 71.1 Å². The molecule has 0 atom stereocenters. The van der Waals surface area contributed by atoms with Gasteiger partial charge in [-0.15, -0.1) is 0 Å². The van der Waals surface area contributed by atoms with Crippen LogP contribution in [-0.4, -0.2) is 68.2 Å². The maximum Gasteiger partial charge on any atom is 0.319 e. The maximum absolute atomic E-state index is 12.0. The monoisotopic (exact) mass is 349 g/mol. The second-order valence-electron chi connectivity index (χ2n) is 6.20. The van der Waals surface area contributed by atoms with Gasteiger partial charge in [-0.1, -0.05) is 0 Å². The summed E-state index contributed by atoms with van der Waals surface area (Å²) >= 11 is 0. The minimum atomic E-state index is -0.147. The van der Waals surface area contributed by atoms with Crippen molar-refractivity contribution in [3.8, 4) is 11.5 Å². The number of likely N-dealkylation sites (tertiary alicyclic amines) is 1. The van der Waals surface area contributed by atoms with Crippen LogP contribution in [0.5, 0.6) is 11.5 Å². The van der Waals surface area contributed by atoms with Crippen LogP contribution in [0.1, 0.15) is 19.8 Å². The van der Waals surface area contributed by atoms with Gasteiger partial charge in [0.05, 0.1) is 6.61 Å². The molecule has 138 valence electrons. The number of benzene rings is 1. The van der Waals surface area contributed by atoms with E-state index in [1.54, 1.807) is 36.0 Å². The SMILES string of the molecule is CCOc1ccc(OCC(=O)NC2CCN(C(=O)N(C)C)CC2)cc1. The van der Waals surface area contributed by atoms with E-state index in [2.05, 4.69) is 5.32 Å². The fraction of sp³-hybridized carbons (Fsp3) is 0.556. The van der Waals surface area contributed by atoms with Crippen LogP contribution in [0.2, 0.25) is 0 Å². The fourth-order valence-electron chi connectivity index (χ4n) is 2.71. The Morgan fingerprint density at radius 2 is 1.68 bits per heavy atom. The van der Waals surface area contributed by atoms with Crippen molar-refractivity contribution in [2.24, 2.45) is 0 Å². The summed E-state index contributed by atoms with van der Waals surface area (Å²) in [4.78, 5) is 27.3. The lowest BCUT2D eigenvalue weighted by Gasteiger charge is -2.33. The molecule has 7 heteroatoms. The molecule has 0 saturated carbocycles. The fourth-order valence-corrected chi connectivity index (χ4v) is 2.71. The van der Waals surface area contributed by atoms with E-state index in [1.807, 2.05) is 19.1 Å². The number of amides is 3. The second kappa shape index (κ2) is 9.15. The van der Waals surface area contributed by atoms with Crippen molar-refractivity contribution in [2.75, 3.05) is 40.4 Å².